The van der Waals surface area contributed by atoms with Gasteiger partial charge in [0.25, 0.3) is 5.91 Å². The first-order valence-electron chi connectivity index (χ1n) is 9.20. The van der Waals surface area contributed by atoms with E-state index >= 15 is 0 Å². The van der Waals surface area contributed by atoms with Crippen molar-refractivity contribution in [2.75, 3.05) is 13.2 Å². The van der Waals surface area contributed by atoms with Crippen LogP contribution in [0, 0.1) is 0 Å². The van der Waals surface area contributed by atoms with Crippen molar-refractivity contribution in [3.8, 4) is 0 Å². The van der Waals surface area contributed by atoms with Crippen LogP contribution in [0.4, 0.5) is 0 Å². The molecule has 0 bridgehead atoms. The number of hydrogen-bond acceptors (Lipinski definition) is 6. The van der Waals surface area contributed by atoms with E-state index in [9.17, 15) is 9.59 Å². The van der Waals surface area contributed by atoms with Gasteiger partial charge in [-0.2, -0.15) is 0 Å². The second kappa shape index (κ2) is 10.2. The molecule has 0 fully saturated rings. The summed E-state index contributed by atoms with van der Waals surface area (Å²) in [7, 11) is 1.89. The van der Waals surface area contributed by atoms with Gasteiger partial charge in [-0.15, -0.1) is 12.4 Å². The molecule has 0 saturated carbocycles. The highest BCUT2D eigenvalue weighted by atomic mass is 35.5. The lowest BCUT2D eigenvalue weighted by Crippen LogP contribution is -2.42. The van der Waals surface area contributed by atoms with Gasteiger partial charge in [-0.05, 0) is 31.4 Å². The molecule has 1 unspecified atom stereocenters. The maximum atomic E-state index is 12.8. The van der Waals surface area contributed by atoms with Gasteiger partial charge in [0.15, 0.2) is 0 Å². The van der Waals surface area contributed by atoms with Crippen LogP contribution in [0.1, 0.15) is 40.8 Å². The summed E-state index contributed by atoms with van der Waals surface area (Å²) in [6, 6.07) is 1.16. The zero-order chi connectivity index (χ0) is 19.2. The van der Waals surface area contributed by atoms with E-state index in [4.69, 9.17) is 4.74 Å². The molecule has 8 nitrogen and oxygen atoms in total. The van der Waals surface area contributed by atoms with Crippen molar-refractivity contribution < 1.29 is 14.3 Å². The number of halogens is 1. The number of nitrogens with one attached hydrogen (secondary N) is 2. The first-order valence-corrected chi connectivity index (χ1v) is 9.20. The molecule has 1 aliphatic rings. The number of hydrogen-bond donors (Lipinski definition) is 2. The summed E-state index contributed by atoms with van der Waals surface area (Å²) < 4.78 is 7.05. The summed E-state index contributed by atoms with van der Waals surface area (Å²) in [6.45, 7) is 3.66. The molecule has 1 atom stereocenters. The van der Waals surface area contributed by atoms with Crippen LogP contribution in [0.15, 0.2) is 24.7 Å². The first kappa shape index (κ1) is 21.8. The molecule has 2 aromatic heterocycles. The smallest absolute Gasteiger partial charge is 0.328 e. The molecule has 2 aromatic rings. The number of nitrogens with zero attached hydrogens (tertiary/aromatic N) is 3. The van der Waals surface area contributed by atoms with Gasteiger partial charge in [0, 0.05) is 50.8 Å². The molecule has 0 aliphatic carbocycles. The van der Waals surface area contributed by atoms with Gasteiger partial charge in [-0.3, -0.25) is 14.8 Å². The Morgan fingerprint density at radius 2 is 2.21 bits per heavy atom. The summed E-state index contributed by atoms with van der Waals surface area (Å²) in [4.78, 5) is 33.4. The fraction of sp³-hybridized carbons (Fsp3) is 0.474. The average Bonchev–Trinajstić information content (AvgIpc) is 3.03. The molecule has 1 aliphatic heterocycles. The number of carbonyl (C=O) groups excluding carboxylic acids is 2. The Balaban J connectivity index is 0.00000280. The highest BCUT2D eigenvalue weighted by Gasteiger charge is 2.26. The lowest BCUT2D eigenvalue weighted by atomic mass is 10.1. The summed E-state index contributed by atoms with van der Waals surface area (Å²) in [5.74, 6) is -0.709. The first-order chi connectivity index (χ1) is 13.1. The fourth-order valence-corrected chi connectivity index (χ4v) is 3.31. The van der Waals surface area contributed by atoms with Crippen LogP contribution in [-0.2, 0) is 36.0 Å². The molecular formula is C19H26ClN5O3. The minimum atomic E-state index is -0.732. The summed E-state index contributed by atoms with van der Waals surface area (Å²) in [6.07, 6.45) is 6.66. The van der Waals surface area contributed by atoms with Crippen molar-refractivity contribution in [1.82, 2.24) is 25.2 Å². The topological polar surface area (TPSA) is 98.1 Å². The highest BCUT2D eigenvalue weighted by Crippen LogP contribution is 2.18. The molecule has 28 heavy (non-hydrogen) atoms. The van der Waals surface area contributed by atoms with Gasteiger partial charge < -0.3 is 19.9 Å². The maximum Gasteiger partial charge on any atom is 0.328 e. The van der Waals surface area contributed by atoms with Crippen molar-refractivity contribution in [2.45, 2.75) is 38.8 Å². The third-order valence-corrected chi connectivity index (χ3v) is 4.72. The van der Waals surface area contributed by atoms with Crippen LogP contribution < -0.4 is 10.6 Å². The van der Waals surface area contributed by atoms with Gasteiger partial charge in [-0.1, -0.05) is 0 Å². The largest absolute Gasteiger partial charge is 0.464 e. The third-order valence-electron chi connectivity index (χ3n) is 4.72. The number of amides is 1. The van der Waals surface area contributed by atoms with Crippen molar-refractivity contribution in [2.24, 2.45) is 7.05 Å². The second-order valence-electron chi connectivity index (χ2n) is 6.50. The number of aromatic nitrogens is 3. The zero-order valence-corrected chi connectivity index (χ0v) is 16.9. The number of carbonyl (C=O) groups is 2. The lowest BCUT2D eigenvalue weighted by molar-refractivity contribution is -0.145. The van der Waals surface area contributed by atoms with Gasteiger partial charge in [-0.25, -0.2) is 4.79 Å². The predicted octanol–water partition coefficient (Wildman–Crippen LogP) is 1.18. The van der Waals surface area contributed by atoms with Gasteiger partial charge in [0.05, 0.1) is 12.3 Å². The quantitative estimate of drug-likeness (QED) is 0.669. The second-order valence-corrected chi connectivity index (χ2v) is 6.50. The Bertz CT molecular complexity index is 809. The molecular weight excluding hydrogens is 382 g/mol. The molecule has 1 amide bonds. The van der Waals surface area contributed by atoms with Crippen LogP contribution in [0.3, 0.4) is 0 Å². The normalized spacial score (nSPS) is 13.8. The van der Waals surface area contributed by atoms with Crippen molar-refractivity contribution in [1.29, 1.82) is 0 Å². The minimum Gasteiger partial charge on any atom is -0.464 e. The van der Waals surface area contributed by atoms with E-state index in [2.05, 4.69) is 20.6 Å². The molecule has 2 N–H and O–H groups in total. The monoisotopic (exact) mass is 407 g/mol. The van der Waals surface area contributed by atoms with Crippen LogP contribution in [0.5, 0.6) is 0 Å². The minimum absolute atomic E-state index is 0. The van der Waals surface area contributed by atoms with Crippen molar-refractivity contribution >= 4 is 24.3 Å². The van der Waals surface area contributed by atoms with Crippen molar-refractivity contribution in [3.05, 3.63) is 47.3 Å². The Kier molecular flexibility index (Phi) is 7.95. The molecule has 0 radical (unpaired) electrons. The van der Waals surface area contributed by atoms with E-state index in [1.54, 1.807) is 25.5 Å². The number of aryl methyl sites for hydroxylation is 1. The summed E-state index contributed by atoms with van der Waals surface area (Å²) in [5, 5.41) is 6.14. The van der Waals surface area contributed by atoms with E-state index in [0.717, 1.165) is 36.5 Å². The Hall–Kier alpha value is -2.45. The molecule has 3 rings (SSSR count). The standard InChI is InChI=1S/C19H25N5O3.ClH/c1-3-27-19(26)15(5-4-14-12-21-8-9-22-14)23-18(25)17-10-13-11-20-7-6-16(13)24(17)2;/h8-10,12,15,20H,3-7,11H2,1-2H3,(H,23,25);1H. The Morgan fingerprint density at radius 3 is 2.89 bits per heavy atom. The van der Waals surface area contributed by atoms with Crippen LogP contribution >= 0.6 is 12.4 Å². The Morgan fingerprint density at radius 1 is 1.39 bits per heavy atom. The number of rotatable bonds is 7. The van der Waals surface area contributed by atoms with Crippen LogP contribution in [0.25, 0.3) is 0 Å². The molecule has 0 spiro atoms. The molecule has 0 aromatic carbocycles. The average molecular weight is 408 g/mol. The van der Waals surface area contributed by atoms with E-state index < -0.39 is 12.0 Å². The van der Waals surface area contributed by atoms with Crippen LogP contribution in [0.2, 0.25) is 0 Å². The highest BCUT2D eigenvalue weighted by molar-refractivity contribution is 5.96. The zero-order valence-electron chi connectivity index (χ0n) is 16.1. The predicted molar refractivity (Wildman–Crippen MR) is 106 cm³/mol. The van der Waals surface area contributed by atoms with E-state index in [-0.39, 0.29) is 24.9 Å². The summed E-state index contributed by atoms with van der Waals surface area (Å²) >= 11 is 0. The summed E-state index contributed by atoms with van der Waals surface area (Å²) in [5.41, 5.74) is 3.60. The van der Waals surface area contributed by atoms with Crippen LogP contribution in [-0.4, -0.2) is 45.6 Å². The molecule has 0 saturated heterocycles. The van der Waals surface area contributed by atoms with Gasteiger partial charge >= 0.3 is 5.97 Å². The molecule has 9 heteroatoms. The van der Waals surface area contributed by atoms with E-state index in [0.29, 0.717) is 18.5 Å². The fourth-order valence-electron chi connectivity index (χ4n) is 3.31. The number of fused-ring (bicyclic) bond motifs is 1. The number of ether oxygens (including phenoxy) is 1. The lowest BCUT2D eigenvalue weighted by Gasteiger charge is -2.18. The number of esters is 1. The molecule has 3 heterocycles. The van der Waals surface area contributed by atoms with Crippen molar-refractivity contribution in [3.63, 3.8) is 0 Å². The third kappa shape index (κ3) is 5.08. The van der Waals surface area contributed by atoms with E-state index in [1.807, 2.05) is 17.7 Å². The van der Waals surface area contributed by atoms with Gasteiger partial charge in [0.1, 0.15) is 11.7 Å². The maximum absolute atomic E-state index is 12.8. The van der Waals surface area contributed by atoms with E-state index in [1.165, 1.54) is 0 Å². The Labute approximate surface area is 170 Å². The SMILES string of the molecule is CCOC(=O)C(CCc1cnccn1)NC(=O)c1cc2c(n1C)CCNC2.Cl. The van der Waals surface area contributed by atoms with Gasteiger partial charge in [0.2, 0.25) is 0 Å². The molecule has 152 valence electrons.